The van der Waals surface area contributed by atoms with E-state index in [0.717, 1.165) is 0 Å². The molecule has 1 amide bonds. The first-order valence-electron chi connectivity index (χ1n) is 6.81. The topological polar surface area (TPSA) is 72.9 Å². The lowest BCUT2D eigenvalue weighted by Gasteiger charge is -2.25. The third-order valence-electron chi connectivity index (χ3n) is 3.84. The van der Waals surface area contributed by atoms with E-state index in [9.17, 15) is 14.4 Å². The second-order valence-corrected chi connectivity index (χ2v) is 6.48. The molecule has 2 fully saturated rings. The molecule has 0 bridgehead atoms. The number of hydrogen-bond donors (Lipinski definition) is 0. The van der Waals surface area contributed by atoms with Crippen LogP contribution < -0.4 is 0 Å². The number of amides is 1. The van der Waals surface area contributed by atoms with Gasteiger partial charge in [-0.15, -0.1) is 0 Å². The maximum atomic E-state index is 12.0. The predicted octanol–water partition coefficient (Wildman–Crippen LogP) is 1.23. The number of ether oxygens (including phenoxy) is 2. The maximum Gasteiger partial charge on any atom is 0.410 e. The van der Waals surface area contributed by atoms with Crippen LogP contribution in [-0.4, -0.2) is 48.5 Å². The number of hydrogen-bond acceptors (Lipinski definition) is 5. The molecule has 20 heavy (non-hydrogen) atoms. The zero-order valence-corrected chi connectivity index (χ0v) is 12.3. The van der Waals surface area contributed by atoms with Crippen LogP contribution in [0.5, 0.6) is 0 Å². The summed E-state index contributed by atoms with van der Waals surface area (Å²) >= 11 is 0. The summed E-state index contributed by atoms with van der Waals surface area (Å²) in [5.41, 5.74) is -0.549. The van der Waals surface area contributed by atoms with Gasteiger partial charge in [-0.2, -0.15) is 0 Å². The monoisotopic (exact) mass is 283 g/mol. The van der Waals surface area contributed by atoms with E-state index in [0.29, 0.717) is 19.5 Å². The highest BCUT2D eigenvalue weighted by molar-refractivity contribution is 6.01. The van der Waals surface area contributed by atoms with E-state index in [1.807, 2.05) is 20.8 Å². The van der Waals surface area contributed by atoms with E-state index in [4.69, 9.17) is 9.47 Å². The molecule has 3 atom stereocenters. The third kappa shape index (κ3) is 2.78. The molecule has 0 aromatic carbocycles. The molecule has 112 valence electrons. The highest BCUT2D eigenvalue weighted by atomic mass is 16.6. The van der Waals surface area contributed by atoms with Gasteiger partial charge in [-0.05, 0) is 26.7 Å². The smallest absolute Gasteiger partial charge is 0.410 e. The van der Waals surface area contributed by atoms with Gasteiger partial charge in [0, 0.05) is 25.4 Å². The number of carbonyl (C=O) groups is 3. The maximum absolute atomic E-state index is 12.0. The standard InChI is InChI=1S/C14H21NO5/c1-14(2,3)20-13(18)15-6-8-5-10(16)11(9(8)7-15)12(17)19-4/h8-9,11H,5-7H2,1-4H3. The van der Waals surface area contributed by atoms with E-state index in [2.05, 4.69) is 0 Å². The number of nitrogens with zero attached hydrogens (tertiary/aromatic N) is 1. The lowest BCUT2D eigenvalue weighted by molar-refractivity contribution is -0.149. The van der Waals surface area contributed by atoms with E-state index in [1.165, 1.54) is 7.11 Å². The van der Waals surface area contributed by atoms with Gasteiger partial charge in [0.05, 0.1) is 7.11 Å². The molecule has 6 heteroatoms. The van der Waals surface area contributed by atoms with Crippen molar-refractivity contribution in [3.63, 3.8) is 0 Å². The molecule has 1 aliphatic carbocycles. The fourth-order valence-corrected chi connectivity index (χ4v) is 3.02. The summed E-state index contributed by atoms with van der Waals surface area (Å²) in [7, 11) is 1.28. The van der Waals surface area contributed by atoms with Crippen molar-refractivity contribution in [2.24, 2.45) is 17.8 Å². The van der Waals surface area contributed by atoms with Crippen LogP contribution in [0.2, 0.25) is 0 Å². The summed E-state index contributed by atoms with van der Waals surface area (Å²) < 4.78 is 10.0. The molecular formula is C14H21NO5. The molecule has 3 unspecified atom stereocenters. The third-order valence-corrected chi connectivity index (χ3v) is 3.84. The molecule has 0 spiro atoms. The number of rotatable bonds is 1. The SMILES string of the molecule is COC(=O)C1C(=O)CC2CN(C(=O)OC(C)(C)C)CC21. The summed E-state index contributed by atoms with van der Waals surface area (Å²) in [5, 5.41) is 0. The Balaban J connectivity index is 2.04. The second kappa shape index (κ2) is 5.07. The van der Waals surface area contributed by atoms with E-state index >= 15 is 0 Å². The first kappa shape index (κ1) is 14.8. The van der Waals surface area contributed by atoms with Crippen molar-refractivity contribution < 1.29 is 23.9 Å². The minimum atomic E-state index is -0.725. The summed E-state index contributed by atoms with van der Waals surface area (Å²) in [6.07, 6.45) is -0.0491. The Morgan fingerprint density at radius 1 is 1.25 bits per heavy atom. The average Bonchev–Trinajstić information content (AvgIpc) is 2.82. The van der Waals surface area contributed by atoms with Crippen LogP contribution in [0.3, 0.4) is 0 Å². The molecule has 1 saturated heterocycles. The van der Waals surface area contributed by atoms with Crippen LogP contribution in [0.15, 0.2) is 0 Å². The van der Waals surface area contributed by atoms with Crippen LogP contribution in [-0.2, 0) is 19.1 Å². The molecule has 0 aromatic heterocycles. The fourth-order valence-electron chi connectivity index (χ4n) is 3.02. The van der Waals surface area contributed by atoms with Gasteiger partial charge < -0.3 is 14.4 Å². The number of carbonyl (C=O) groups excluding carboxylic acids is 3. The Morgan fingerprint density at radius 3 is 2.45 bits per heavy atom. The minimum absolute atomic E-state index is 0.0409. The first-order valence-corrected chi connectivity index (χ1v) is 6.81. The number of fused-ring (bicyclic) bond motifs is 1. The summed E-state index contributed by atoms with van der Waals surface area (Å²) in [6.45, 7) is 6.28. The minimum Gasteiger partial charge on any atom is -0.468 e. The molecular weight excluding hydrogens is 262 g/mol. The summed E-state index contributed by atoms with van der Waals surface area (Å²) in [4.78, 5) is 37.2. The van der Waals surface area contributed by atoms with Crippen molar-refractivity contribution in [3.8, 4) is 0 Å². The van der Waals surface area contributed by atoms with Gasteiger partial charge in [0.1, 0.15) is 17.3 Å². The number of Topliss-reactive ketones (excluding diaryl/α,β-unsaturated/α-hetero) is 1. The van der Waals surface area contributed by atoms with Crippen LogP contribution in [0.25, 0.3) is 0 Å². The second-order valence-electron chi connectivity index (χ2n) is 6.48. The zero-order chi connectivity index (χ0) is 15.1. The number of methoxy groups -OCH3 is 1. The normalized spacial score (nSPS) is 29.3. The molecule has 6 nitrogen and oxygen atoms in total. The van der Waals surface area contributed by atoms with Crippen molar-refractivity contribution in [1.82, 2.24) is 4.90 Å². The summed E-state index contributed by atoms with van der Waals surface area (Å²) in [6, 6.07) is 0. The van der Waals surface area contributed by atoms with Gasteiger partial charge >= 0.3 is 12.1 Å². The van der Waals surface area contributed by atoms with Crippen LogP contribution in [0.1, 0.15) is 27.2 Å². The Labute approximate surface area is 118 Å². The van der Waals surface area contributed by atoms with Crippen LogP contribution >= 0.6 is 0 Å². The molecule has 0 radical (unpaired) electrons. The first-order chi connectivity index (χ1) is 9.23. The molecule has 1 heterocycles. The van der Waals surface area contributed by atoms with E-state index < -0.39 is 17.5 Å². The Hall–Kier alpha value is -1.59. The van der Waals surface area contributed by atoms with Gasteiger partial charge in [0.2, 0.25) is 0 Å². The van der Waals surface area contributed by atoms with Crippen LogP contribution in [0.4, 0.5) is 4.79 Å². The van der Waals surface area contributed by atoms with Gasteiger partial charge in [-0.25, -0.2) is 4.79 Å². The molecule has 0 N–H and O–H groups in total. The highest BCUT2D eigenvalue weighted by Crippen LogP contribution is 2.41. The van der Waals surface area contributed by atoms with Gasteiger partial charge in [-0.3, -0.25) is 9.59 Å². The number of ketones is 1. The van der Waals surface area contributed by atoms with Crippen molar-refractivity contribution in [3.05, 3.63) is 0 Å². The molecule has 2 aliphatic rings. The predicted molar refractivity (Wildman–Crippen MR) is 69.9 cm³/mol. The molecule has 0 aromatic rings. The van der Waals surface area contributed by atoms with Crippen molar-refractivity contribution in [1.29, 1.82) is 0 Å². The van der Waals surface area contributed by atoms with Crippen LogP contribution in [0, 0.1) is 17.8 Å². The fraction of sp³-hybridized carbons (Fsp3) is 0.786. The summed E-state index contributed by atoms with van der Waals surface area (Å²) in [5.74, 6) is -1.39. The lowest BCUT2D eigenvalue weighted by Crippen LogP contribution is -2.37. The van der Waals surface area contributed by atoms with Crippen molar-refractivity contribution in [2.45, 2.75) is 32.8 Å². The Morgan fingerprint density at radius 2 is 1.90 bits per heavy atom. The molecule has 1 saturated carbocycles. The molecule has 2 rings (SSSR count). The van der Waals surface area contributed by atoms with Crippen molar-refractivity contribution >= 4 is 17.8 Å². The number of likely N-dealkylation sites (tertiary alicyclic amines) is 1. The van der Waals surface area contributed by atoms with Gasteiger partial charge in [-0.1, -0.05) is 0 Å². The van der Waals surface area contributed by atoms with Gasteiger partial charge in [0.25, 0.3) is 0 Å². The Bertz CT molecular complexity index is 431. The lowest BCUT2D eigenvalue weighted by atomic mass is 9.92. The van der Waals surface area contributed by atoms with Crippen molar-refractivity contribution in [2.75, 3.05) is 20.2 Å². The highest BCUT2D eigenvalue weighted by Gasteiger charge is 2.52. The quantitative estimate of drug-likeness (QED) is 0.534. The largest absolute Gasteiger partial charge is 0.468 e. The Kier molecular flexibility index (Phi) is 3.75. The van der Waals surface area contributed by atoms with Gasteiger partial charge in [0.15, 0.2) is 0 Å². The van der Waals surface area contributed by atoms with E-state index in [1.54, 1.807) is 4.90 Å². The zero-order valence-electron chi connectivity index (χ0n) is 12.3. The molecule has 1 aliphatic heterocycles. The number of esters is 1. The van der Waals surface area contributed by atoms with E-state index in [-0.39, 0.29) is 23.7 Å². The average molecular weight is 283 g/mol.